The molecule has 0 saturated carbocycles. The van der Waals surface area contributed by atoms with Crippen LogP contribution in [0.5, 0.6) is 0 Å². The van der Waals surface area contributed by atoms with Crippen LogP contribution in [0.3, 0.4) is 0 Å². The number of amides is 1. The second-order valence-electron chi connectivity index (χ2n) is 3.80. The monoisotopic (exact) mass is 274 g/mol. The maximum absolute atomic E-state index is 11.2. The summed E-state index contributed by atoms with van der Waals surface area (Å²) in [6.07, 6.45) is 1.49. The number of carbonyl (C=O) groups is 1. The maximum Gasteiger partial charge on any atom is 0.224 e. The van der Waals surface area contributed by atoms with Crippen LogP contribution in [-0.2, 0) is 4.79 Å². The van der Waals surface area contributed by atoms with E-state index >= 15 is 0 Å². The van der Waals surface area contributed by atoms with Crippen molar-refractivity contribution in [1.82, 2.24) is 14.9 Å². The van der Waals surface area contributed by atoms with E-state index in [-0.39, 0.29) is 11.2 Å². The van der Waals surface area contributed by atoms with E-state index in [0.29, 0.717) is 37.0 Å². The average Bonchev–Trinajstić information content (AvgIpc) is 2.32. The number of carbonyl (C=O) groups excluding carboxylic acids is 1. The van der Waals surface area contributed by atoms with Crippen molar-refractivity contribution in [2.45, 2.75) is 6.92 Å². The van der Waals surface area contributed by atoms with Gasteiger partial charge in [-0.1, -0.05) is 11.6 Å². The summed E-state index contributed by atoms with van der Waals surface area (Å²) in [5.41, 5.74) is 0. The molecule has 1 aliphatic rings. The van der Waals surface area contributed by atoms with Crippen LogP contribution in [0.2, 0.25) is 10.3 Å². The first-order valence-electron chi connectivity index (χ1n) is 5.26. The number of nitrogens with zero attached hydrogens (tertiary/aromatic N) is 4. The van der Waals surface area contributed by atoms with Crippen LogP contribution in [-0.4, -0.2) is 47.0 Å². The van der Waals surface area contributed by atoms with Crippen molar-refractivity contribution in [2.24, 2.45) is 0 Å². The highest BCUT2D eigenvalue weighted by molar-refractivity contribution is 6.33. The van der Waals surface area contributed by atoms with Crippen molar-refractivity contribution < 1.29 is 4.79 Å². The van der Waals surface area contributed by atoms with Gasteiger partial charge in [0, 0.05) is 33.1 Å². The number of piperazine rings is 1. The fourth-order valence-corrected chi connectivity index (χ4v) is 2.13. The summed E-state index contributed by atoms with van der Waals surface area (Å²) in [6.45, 7) is 4.32. The molecule has 0 unspecified atom stereocenters. The molecule has 1 amide bonds. The normalized spacial score (nSPS) is 16.2. The van der Waals surface area contributed by atoms with Crippen molar-refractivity contribution in [3.05, 3.63) is 16.5 Å². The van der Waals surface area contributed by atoms with Crippen molar-refractivity contribution >= 4 is 34.9 Å². The van der Waals surface area contributed by atoms with Crippen LogP contribution in [0.4, 0.5) is 5.82 Å². The first kappa shape index (κ1) is 12.4. The quantitative estimate of drug-likeness (QED) is 0.728. The number of rotatable bonds is 1. The zero-order valence-corrected chi connectivity index (χ0v) is 10.9. The molecule has 1 aliphatic heterocycles. The molecule has 0 atom stereocenters. The molecule has 17 heavy (non-hydrogen) atoms. The Labute approximate surface area is 109 Å². The Bertz CT molecular complexity index is 432. The van der Waals surface area contributed by atoms with Crippen LogP contribution in [0, 0.1) is 0 Å². The lowest BCUT2D eigenvalue weighted by Gasteiger charge is -2.35. The zero-order valence-electron chi connectivity index (χ0n) is 9.36. The van der Waals surface area contributed by atoms with Crippen molar-refractivity contribution in [3.8, 4) is 0 Å². The van der Waals surface area contributed by atoms with E-state index in [2.05, 4.69) is 9.97 Å². The fourth-order valence-electron chi connectivity index (χ4n) is 1.79. The smallest absolute Gasteiger partial charge is 0.224 e. The van der Waals surface area contributed by atoms with E-state index in [1.807, 2.05) is 4.90 Å². The second-order valence-corrected chi connectivity index (χ2v) is 4.55. The number of halogens is 2. The Morgan fingerprint density at radius 1 is 1.29 bits per heavy atom. The summed E-state index contributed by atoms with van der Waals surface area (Å²) >= 11 is 11.8. The Morgan fingerprint density at radius 2 is 1.94 bits per heavy atom. The van der Waals surface area contributed by atoms with Gasteiger partial charge in [0.05, 0.1) is 6.20 Å². The highest BCUT2D eigenvalue weighted by Gasteiger charge is 2.21. The predicted molar refractivity (Wildman–Crippen MR) is 66.5 cm³/mol. The largest absolute Gasteiger partial charge is 0.352 e. The number of anilines is 1. The SMILES string of the molecule is CC(=O)N1CCN(c2nc(Cl)ncc2Cl)CC1. The van der Waals surface area contributed by atoms with Crippen LogP contribution in [0.25, 0.3) is 0 Å². The third-order valence-electron chi connectivity index (χ3n) is 2.72. The summed E-state index contributed by atoms with van der Waals surface area (Å²) < 4.78 is 0. The molecule has 92 valence electrons. The third kappa shape index (κ3) is 2.79. The summed E-state index contributed by atoms with van der Waals surface area (Å²) in [5, 5.41) is 0.657. The van der Waals surface area contributed by atoms with Gasteiger partial charge in [-0.25, -0.2) is 4.98 Å². The lowest BCUT2D eigenvalue weighted by Crippen LogP contribution is -2.48. The van der Waals surface area contributed by atoms with Crippen LogP contribution < -0.4 is 4.90 Å². The van der Waals surface area contributed by atoms with Gasteiger partial charge in [0.15, 0.2) is 5.82 Å². The lowest BCUT2D eigenvalue weighted by molar-refractivity contribution is -0.129. The molecule has 2 rings (SSSR count). The first-order valence-corrected chi connectivity index (χ1v) is 6.02. The van der Waals surface area contributed by atoms with Crippen molar-refractivity contribution in [2.75, 3.05) is 31.1 Å². The van der Waals surface area contributed by atoms with Crippen LogP contribution in [0.15, 0.2) is 6.20 Å². The highest BCUT2D eigenvalue weighted by atomic mass is 35.5. The van der Waals surface area contributed by atoms with E-state index in [9.17, 15) is 4.79 Å². The maximum atomic E-state index is 11.2. The molecule has 0 aliphatic carbocycles. The van der Waals surface area contributed by atoms with Crippen molar-refractivity contribution in [1.29, 1.82) is 0 Å². The van der Waals surface area contributed by atoms with Crippen LogP contribution >= 0.6 is 23.2 Å². The summed E-state index contributed by atoms with van der Waals surface area (Å²) in [7, 11) is 0. The lowest BCUT2D eigenvalue weighted by atomic mass is 10.3. The molecule has 5 nitrogen and oxygen atoms in total. The topological polar surface area (TPSA) is 49.3 Å². The van der Waals surface area contributed by atoms with Gasteiger partial charge in [0.2, 0.25) is 11.2 Å². The molecule has 0 N–H and O–H groups in total. The van der Waals surface area contributed by atoms with E-state index in [1.165, 1.54) is 6.20 Å². The minimum absolute atomic E-state index is 0.0940. The molecule has 0 radical (unpaired) electrons. The third-order valence-corrected chi connectivity index (χ3v) is 3.17. The minimum Gasteiger partial charge on any atom is -0.352 e. The van der Waals surface area contributed by atoms with E-state index in [1.54, 1.807) is 11.8 Å². The molecule has 2 heterocycles. The molecule has 0 aromatic carbocycles. The fraction of sp³-hybridized carbons (Fsp3) is 0.500. The van der Waals surface area contributed by atoms with E-state index < -0.39 is 0 Å². The number of aromatic nitrogens is 2. The molecule has 1 aromatic rings. The summed E-state index contributed by atoms with van der Waals surface area (Å²) in [6, 6.07) is 0. The zero-order chi connectivity index (χ0) is 12.4. The molecule has 1 fully saturated rings. The number of hydrogen-bond acceptors (Lipinski definition) is 4. The van der Waals surface area contributed by atoms with Gasteiger partial charge in [-0.15, -0.1) is 0 Å². The van der Waals surface area contributed by atoms with Gasteiger partial charge < -0.3 is 9.80 Å². The Kier molecular flexibility index (Phi) is 3.69. The predicted octanol–water partition coefficient (Wildman–Crippen LogP) is 1.45. The van der Waals surface area contributed by atoms with Crippen LogP contribution in [0.1, 0.15) is 6.92 Å². The van der Waals surface area contributed by atoms with Gasteiger partial charge in [0.25, 0.3) is 0 Å². The first-order chi connectivity index (χ1) is 8.08. The molecular formula is C10H12Cl2N4O. The molecule has 7 heteroatoms. The highest BCUT2D eigenvalue weighted by Crippen LogP contribution is 2.24. The summed E-state index contributed by atoms with van der Waals surface area (Å²) in [4.78, 5) is 22.9. The van der Waals surface area contributed by atoms with Gasteiger partial charge in [0.1, 0.15) is 5.02 Å². The summed E-state index contributed by atoms with van der Waals surface area (Å²) in [5.74, 6) is 0.728. The standard InChI is InChI=1S/C10H12Cl2N4O/c1-7(17)15-2-4-16(5-3-15)9-8(11)6-13-10(12)14-9/h6H,2-5H2,1H3. The molecule has 0 bridgehead atoms. The minimum atomic E-state index is 0.0940. The van der Waals surface area contributed by atoms with Gasteiger partial charge >= 0.3 is 0 Å². The van der Waals surface area contributed by atoms with E-state index in [0.717, 1.165) is 0 Å². The molecule has 1 saturated heterocycles. The Morgan fingerprint density at radius 3 is 2.53 bits per heavy atom. The van der Waals surface area contributed by atoms with E-state index in [4.69, 9.17) is 23.2 Å². The average molecular weight is 275 g/mol. The second kappa shape index (κ2) is 5.06. The molecular weight excluding hydrogens is 263 g/mol. The van der Waals surface area contributed by atoms with Gasteiger partial charge in [-0.2, -0.15) is 4.98 Å². The Hall–Kier alpha value is -1.07. The van der Waals surface area contributed by atoms with Gasteiger partial charge in [-0.05, 0) is 11.6 Å². The Balaban J connectivity index is 2.10. The van der Waals surface area contributed by atoms with Gasteiger partial charge in [-0.3, -0.25) is 4.79 Å². The van der Waals surface area contributed by atoms with Crippen molar-refractivity contribution in [3.63, 3.8) is 0 Å². The number of hydrogen-bond donors (Lipinski definition) is 0. The molecule has 1 aromatic heterocycles. The molecule has 0 spiro atoms.